The summed E-state index contributed by atoms with van der Waals surface area (Å²) in [5.41, 5.74) is 1.57. The van der Waals surface area contributed by atoms with Gasteiger partial charge in [0.05, 0.1) is 0 Å². The summed E-state index contributed by atoms with van der Waals surface area (Å²) in [6, 6.07) is 9.13. The second-order valence-electron chi connectivity index (χ2n) is 4.05. The van der Waals surface area contributed by atoms with Gasteiger partial charge in [-0.15, -0.1) is 0 Å². The molecule has 0 fully saturated rings. The van der Waals surface area contributed by atoms with E-state index in [1.807, 2.05) is 32.0 Å². The van der Waals surface area contributed by atoms with Crippen LogP contribution in [0.2, 0.25) is 0 Å². The van der Waals surface area contributed by atoms with Crippen LogP contribution in [0.25, 0.3) is 10.8 Å². The molecule has 0 bridgehead atoms. The molecule has 3 nitrogen and oxygen atoms in total. The predicted octanol–water partition coefficient (Wildman–Crippen LogP) is 2.96. The fourth-order valence-electron chi connectivity index (χ4n) is 2.23. The minimum Gasteiger partial charge on any atom is -0.282 e. The van der Waals surface area contributed by atoms with Crippen molar-refractivity contribution in [3.63, 3.8) is 0 Å². The van der Waals surface area contributed by atoms with Crippen LogP contribution in [0.3, 0.4) is 0 Å². The Balaban J connectivity index is 3.03. The van der Waals surface area contributed by atoms with Crippen LogP contribution in [0.4, 0.5) is 0 Å². The molecule has 0 aliphatic heterocycles. The highest BCUT2D eigenvalue weighted by Gasteiger charge is 2.19. The first kappa shape index (κ1) is 12.1. The highest BCUT2D eigenvalue weighted by atomic mass is 32.2. The molecule has 1 N–H and O–H groups in total. The molecule has 0 amide bonds. The Labute approximate surface area is 101 Å². The summed E-state index contributed by atoms with van der Waals surface area (Å²) in [4.78, 5) is 0.0515. The quantitative estimate of drug-likeness (QED) is 0.834. The van der Waals surface area contributed by atoms with Crippen LogP contribution >= 0.6 is 0 Å². The highest BCUT2D eigenvalue weighted by molar-refractivity contribution is 7.86. The van der Waals surface area contributed by atoms with Gasteiger partial charge in [0, 0.05) is 5.39 Å². The van der Waals surface area contributed by atoms with Gasteiger partial charge < -0.3 is 0 Å². The van der Waals surface area contributed by atoms with Crippen LogP contribution in [0, 0.1) is 6.92 Å². The lowest BCUT2D eigenvalue weighted by Gasteiger charge is -2.12. The Morgan fingerprint density at radius 2 is 1.88 bits per heavy atom. The van der Waals surface area contributed by atoms with E-state index in [-0.39, 0.29) is 4.90 Å². The van der Waals surface area contributed by atoms with E-state index >= 15 is 0 Å². The molecule has 0 heterocycles. The summed E-state index contributed by atoms with van der Waals surface area (Å²) in [6.07, 6.45) is 0.575. The number of hydrogen-bond acceptors (Lipinski definition) is 2. The molecule has 0 saturated heterocycles. The summed E-state index contributed by atoms with van der Waals surface area (Å²) < 4.78 is 32.5. The van der Waals surface area contributed by atoms with Crippen LogP contribution in [0.15, 0.2) is 35.2 Å². The molecule has 90 valence electrons. The second kappa shape index (κ2) is 4.13. The SMILES string of the molecule is CCc1c(C)cc2ccccc2c1S(=O)(=O)O. The smallest absolute Gasteiger partial charge is 0.282 e. The molecule has 2 rings (SSSR count). The largest absolute Gasteiger partial charge is 0.295 e. The fraction of sp³-hybridized carbons (Fsp3) is 0.231. The Hall–Kier alpha value is -1.39. The zero-order valence-corrected chi connectivity index (χ0v) is 10.6. The maximum atomic E-state index is 11.5. The van der Waals surface area contributed by atoms with Crippen LogP contribution in [0.1, 0.15) is 18.1 Å². The van der Waals surface area contributed by atoms with E-state index in [9.17, 15) is 13.0 Å². The normalized spacial score (nSPS) is 11.9. The molecule has 0 spiro atoms. The first-order valence-electron chi connectivity index (χ1n) is 5.44. The average molecular weight is 250 g/mol. The number of aryl methyl sites for hydroxylation is 1. The lowest BCUT2D eigenvalue weighted by Crippen LogP contribution is -2.05. The summed E-state index contributed by atoms with van der Waals surface area (Å²) in [5, 5.41) is 1.41. The summed E-state index contributed by atoms with van der Waals surface area (Å²) in [5.74, 6) is 0. The maximum Gasteiger partial charge on any atom is 0.295 e. The lowest BCUT2D eigenvalue weighted by atomic mass is 10.00. The molecule has 0 atom stereocenters. The van der Waals surface area contributed by atoms with Crippen molar-refractivity contribution in [2.75, 3.05) is 0 Å². The Kier molecular flexibility index (Phi) is 2.93. The van der Waals surface area contributed by atoms with E-state index in [1.165, 1.54) is 0 Å². The van der Waals surface area contributed by atoms with E-state index < -0.39 is 10.1 Å². The van der Waals surface area contributed by atoms with E-state index in [1.54, 1.807) is 12.1 Å². The van der Waals surface area contributed by atoms with Gasteiger partial charge in [0.25, 0.3) is 10.1 Å². The Bertz CT molecular complexity index is 672. The van der Waals surface area contributed by atoms with Crippen molar-refractivity contribution in [1.29, 1.82) is 0 Å². The standard InChI is InChI=1S/C13H14O3S/c1-3-11-9(2)8-10-6-4-5-7-12(10)13(11)17(14,15)16/h4-8H,3H2,1-2H3,(H,14,15,16). The molecule has 17 heavy (non-hydrogen) atoms. The number of hydrogen-bond donors (Lipinski definition) is 1. The molecular weight excluding hydrogens is 236 g/mol. The van der Waals surface area contributed by atoms with Crippen LogP contribution in [-0.2, 0) is 16.5 Å². The first-order chi connectivity index (χ1) is 7.95. The Morgan fingerprint density at radius 1 is 1.24 bits per heavy atom. The van der Waals surface area contributed by atoms with Gasteiger partial charge >= 0.3 is 0 Å². The van der Waals surface area contributed by atoms with Gasteiger partial charge in [-0.25, -0.2) is 0 Å². The molecule has 0 radical (unpaired) electrons. The zero-order chi connectivity index (χ0) is 12.6. The maximum absolute atomic E-state index is 11.5. The van der Waals surface area contributed by atoms with Crippen molar-refractivity contribution in [3.05, 3.63) is 41.5 Å². The summed E-state index contributed by atoms with van der Waals surface area (Å²) in [7, 11) is -4.19. The third kappa shape index (κ3) is 2.06. The third-order valence-corrected chi connectivity index (χ3v) is 3.92. The first-order valence-corrected chi connectivity index (χ1v) is 6.88. The van der Waals surface area contributed by atoms with Gasteiger partial charge in [-0.3, -0.25) is 4.55 Å². The Morgan fingerprint density at radius 3 is 2.47 bits per heavy atom. The minimum atomic E-state index is -4.19. The van der Waals surface area contributed by atoms with E-state index in [2.05, 4.69) is 0 Å². The van der Waals surface area contributed by atoms with Crippen molar-refractivity contribution in [1.82, 2.24) is 0 Å². The molecule has 2 aromatic rings. The van der Waals surface area contributed by atoms with E-state index in [0.717, 1.165) is 10.9 Å². The van der Waals surface area contributed by atoms with Gasteiger partial charge in [-0.1, -0.05) is 37.3 Å². The summed E-state index contributed by atoms with van der Waals surface area (Å²) in [6.45, 7) is 3.74. The van der Waals surface area contributed by atoms with Gasteiger partial charge in [-0.2, -0.15) is 8.42 Å². The van der Waals surface area contributed by atoms with Crippen LogP contribution in [-0.4, -0.2) is 13.0 Å². The molecule has 0 aromatic heterocycles. The fourth-order valence-corrected chi connectivity index (χ4v) is 3.31. The van der Waals surface area contributed by atoms with Gasteiger partial charge in [-0.05, 0) is 29.9 Å². The second-order valence-corrected chi connectivity index (χ2v) is 5.41. The van der Waals surface area contributed by atoms with Gasteiger partial charge in [0.15, 0.2) is 0 Å². The number of rotatable bonds is 2. The number of fused-ring (bicyclic) bond motifs is 1. The minimum absolute atomic E-state index is 0.0515. The number of benzene rings is 2. The molecule has 0 aliphatic carbocycles. The third-order valence-electron chi connectivity index (χ3n) is 2.94. The van der Waals surface area contributed by atoms with Crippen molar-refractivity contribution in [3.8, 4) is 0 Å². The van der Waals surface area contributed by atoms with Crippen molar-refractivity contribution in [2.24, 2.45) is 0 Å². The van der Waals surface area contributed by atoms with Crippen molar-refractivity contribution < 1.29 is 13.0 Å². The monoisotopic (exact) mass is 250 g/mol. The predicted molar refractivity (Wildman–Crippen MR) is 67.9 cm³/mol. The van der Waals surface area contributed by atoms with Crippen LogP contribution in [0.5, 0.6) is 0 Å². The van der Waals surface area contributed by atoms with Gasteiger partial charge in [0.1, 0.15) is 4.90 Å². The molecule has 0 aliphatic rings. The van der Waals surface area contributed by atoms with Crippen molar-refractivity contribution >= 4 is 20.9 Å². The van der Waals surface area contributed by atoms with Crippen molar-refractivity contribution in [2.45, 2.75) is 25.2 Å². The average Bonchev–Trinajstić information content (AvgIpc) is 2.25. The molecular formula is C13H14O3S. The molecule has 0 unspecified atom stereocenters. The molecule has 2 aromatic carbocycles. The molecule has 0 saturated carbocycles. The van der Waals surface area contributed by atoms with Crippen LogP contribution < -0.4 is 0 Å². The molecule has 4 heteroatoms. The lowest BCUT2D eigenvalue weighted by molar-refractivity contribution is 0.483. The zero-order valence-electron chi connectivity index (χ0n) is 9.77. The highest BCUT2D eigenvalue weighted by Crippen LogP contribution is 2.29. The van der Waals surface area contributed by atoms with Gasteiger partial charge in [0.2, 0.25) is 0 Å². The van der Waals surface area contributed by atoms with E-state index in [0.29, 0.717) is 17.4 Å². The topological polar surface area (TPSA) is 54.4 Å². The summed E-state index contributed by atoms with van der Waals surface area (Å²) >= 11 is 0. The van der Waals surface area contributed by atoms with E-state index in [4.69, 9.17) is 0 Å².